The number of nitrogens with two attached hydrogens (primary N) is 2. The molecule has 0 fully saturated rings. The molecular formula is C29H38IrN3-5. The van der Waals surface area contributed by atoms with Gasteiger partial charge in [-0.1, -0.05) is 63.6 Å². The van der Waals surface area contributed by atoms with Crippen molar-refractivity contribution in [2.45, 2.75) is 64.2 Å². The molecule has 1 heterocycles. The van der Waals surface area contributed by atoms with Crippen LogP contribution in [0.5, 0.6) is 0 Å². The molecule has 2 aliphatic rings. The number of hydrogen-bond donors (Lipinski definition) is 0. The zero-order valence-corrected chi connectivity index (χ0v) is 23.3. The normalized spacial score (nSPS) is 15.9. The molecule has 0 aliphatic heterocycles. The second-order valence-electron chi connectivity index (χ2n) is 9.48. The van der Waals surface area contributed by atoms with Gasteiger partial charge in [-0.05, 0) is 58.9 Å². The van der Waals surface area contributed by atoms with Crippen LogP contribution in [0, 0.1) is 20.9 Å². The minimum atomic E-state index is -0.0773. The van der Waals surface area contributed by atoms with Gasteiger partial charge in [0.2, 0.25) is 0 Å². The summed E-state index contributed by atoms with van der Waals surface area (Å²) in [7, 11) is 0. The molecule has 0 unspecified atom stereocenters. The average Bonchev–Trinajstić information content (AvgIpc) is 2.72. The number of hydrogen-bond acceptors (Lipinski definition) is 1. The van der Waals surface area contributed by atoms with Crippen LogP contribution in [0.4, 0.5) is 0 Å². The van der Waals surface area contributed by atoms with Gasteiger partial charge in [0, 0.05) is 26.3 Å². The van der Waals surface area contributed by atoms with E-state index in [9.17, 15) is 0 Å². The quantitative estimate of drug-likeness (QED) is 0.251. The van der Waals surface area contributed by atoms with Crippen LogP contribution in [0.3, 0.4) is 0 Å². The number of benzene rings is 2. The van der Waals surface area contributed by atoms with E-state index < -0.39 is 0 Å². The van der Waals surface area contributed by atoms with Crippen LogP contribution in [0.25, 0.3) is 23.6 Å². The number of nitrogens with zero attached hydrogens (tertiary/aromatic N) is 1. The fraction of sp³-hybridized carbons (Fsp3) is 0.345. The molecule has 0 amide bonds. The van der Waals surface area contributed by atoms with Crippen LogP contribution >= 0.6 is 0 Å². The molecule has 3 aromatic rings. The molecule has 33 heavy (non-hydrogen) atoms. The van der Waals surface area contributed by atoms with E-state index in [2.05, 4.69) is 82.4 Å². The van der Waals surface area contributed by atoms with E-state index in [1.807, 2.05) is 0 Å². The molecule has 2 aromatic carbocycles. The third-order valence-corrected chi connectivity index (χ3v) is 7.05. The number of aryl methyl sites for hydroxylation is 2. The zero-order chi connectivity index (χ0) is 19.5. The van der Waals surface area contributed by atoms with Crippen molar-refractivity contribution in [3.63, 3.8) is 0 Å². The Morgan fingerprint density at radius 2 is 1.36 bits per heavy atom. The predicted molar refractivity (Wildman–Crippen MR) is 139 cm³/mol. The van der Waals surface area contributed by atoms with Crippen molar-refractivity contribution in [1.82, 2.24) is 4.98 Å². The maximum Gasteiger partial charge on any atom is 0.0195 e. The van der Waals surface area contributed by atoms with E-state index >= 15 is 0 Å². The van der Waals surface area contributed by atoms with Gasteiger partial charge < -0.3 is 32.1 Å². The van der Waals surface area contributed by atoms with Crippen LogP contribution in [-0.2, 0) is 43.8 Å². The molecule has 4 heteroatoms. The van der Waals surface area contributed by atoms with Gasteiger partial charge >= 0.3 is 0 Å². The zero-order valence-electron chi connectivity index (χ0n) is 20.9. The molecule has 0 saturated heterocycles. The molecular weight excluding hydrogens is 583 g/mol. The van der Waals surface area contributed by atoms with Crippen molar-refractivity contribution in [3.05, 3.63) is 115 Å². The maximum atomic E-state index is 4.91. The van der Waals surface area contributed by atoms with Crippen molar-refractivity contribution in [2.75, 3.05) is 0 Å². The van der Waals surface area contributed by atoms with Crippen molar-refractivity contribution >= 4 is 0 Å². The van der Waals surface area contributed by atoms with Crippen LogP contribution < -0.4 is 0 Å². The molecule has 1 aromatic heterocycles. The Hall–Kier alpha value is -1.84. The molecule has 4 N–H and O–H groups in total. The summed E-state index contributed by atoms with van der Waals surface area (Å²) in [5.41, 5.74) is 10.7. The molecule has 2 aliphatic carbocycles. The Morgan fingerprint density at radius 1 is 0.788 bits per heavy atom. The van der Waals surface area contributed by atoms with Crippen LogP contribution in [0.2, 0.25) is 0 Å². The molecule has 0 atom stereocenters. The molecule has 0 bridgehead atoms. The number of aromatic nitrogens is 1. The molecule has 0 saturated carbocycles. The molecule has 0 spiro atoms. The summed E-state index contributed by atoms with van der Waals surface area (Å²) in [5, 5.41) is 0. The van der Waals surface area contributed by atoms with E-state index in [1.54, 1.807) is 0 Å². The van der Waals surface area contributed by atoms with Gasteiger partial charge in [0.25, 0.3) is 0 Å². The van der Waals surface area contributed by atoms with Crippen LogP contribution in [-0.4, -0.2) is 4.98 Å². The van der Waals surface area contributed by atoms with Gasteiger partial charge in [-0.2, -0.15) is 0 Å². The fourth-order valence-electron chi connectivity index (χ4n) is 5.47. The average molecular weight is 621 g/mol. The van der Waals surface area contributed by atoms with E-state index in [4.69, 9.17) is 4.98 Å². The monoisotopic (exact) mass is 621 g/mol. The van der Waals surface area contributed by atoms with Crippen molar-refractivity contribution in [2.24, 2.45) is 0 Å². The van der Waals surface area contributed by atoms with Crippen molar-refractivity contribution in [1.29, 1.82) is 0 Å². The van der Waals surface area contributed by atoms with Gasteiger partial charge in [0.05, 0.1) is 0 Å². The summed E-state index contributed by atoms with van der Waals surface area (Å²) < 4.78 is 0. The topological polar surface area (TPSA) is 79.9 Å². The van der Waals surface area contributed by atoms with E-state index in [0.717, 1.165) is 5.69 Å². The maximum absolute atomic E-state index is 4.91. The Morgan fingerprint density at radius 3 is 2.00 bits per heavy atom. The van der Waals surface area contributed by atoms with Gasteiger partial charge in [-0.25, -0.2) is 0 Å². The predicted octanol–water partition coefficient (Wildman–Crippen LogP) is 8.73. The number of pyridine rings is 1. The summed E-state index contributed by atoms with van der Waals surface area (Å²) in [6, 6.07) is 19.2. The number of rotatable bonds is 1. The Labute approximate surface area is 215 Å². The first-order valence-electron chi connectivity index (χ1n) is 10.5. The molecule has 1 radical (unpaired) electrons. The Kier molecular flexibility index (Phi) is 10.4. The summed E-state index contributed by atoms with van der Waals surface area (Å²) in [6.45, 7) is 9.42. The first-order chi connectivity index (χ1) is 13.4. The van der Waals surface area contributed by atoms with E-state index in [-0.39, 0.29) is 58.1 Å². The SMILES string of the molecule is CC1(C)c2ccccc2C(C)(C)c2c(-c3cc4c(cn3)CCCC4)[c-]ccc21.[CH3-].[CH3-].[Ir].[NH2-].[NH2-]. The van der Waals surface area contributed by atoms with Crippen molar-refractivity contribution in [3.8, 4) is 11.3 Å². The minimum absolute atomic E-state index is 0. The minimum Gasteiger partial charge on any atom is -0.693 e. The van der Waals surface area contributed by atoms with Gasteiger partial charge in [-0.15, -0.1) is 34.9 Å². The summed E-state index contributed by atoms with van der Waals surface area (Å²) >= 11 is 0. The molecule has 5 rings (SSSR count). The van der Waals surface area contributed by atoms with Gasteiger partial charge in [0.1, 0.15) is 0 Å². The summed E-state index contributed by atoms with van der Waals surface area (Å²) in [4.78, 5) is 4.91. The van der Waals surface area contributed by atoms with Gasteiger partial charge in [0.15, 0.2) is 0 Å². The largest absolute Gasteiger partial charge is 0.693 e. The first kappa shape index (κ1) is 31.2. The van der Waals surface area contributed by atoms with Crippen LogP contribution in [0.1, 0.15) is 73.9 Å². The molecule has 183 valence electrons. The second kappa shape index (κ2) is 11.1. The third kappa shape index (κ3) is 4.72. The van der Waals surface area contributed by atoms with E-state index in [1.165, 1.54) is 64.6 Å². The number of fused-ring (bicyclic) bond motifs is 3. The fourth-order valence-corrected chi connectivity index (χ4v) is 5.47. The summed E-state index contributed by atoms with van der Waals surface area (Å²) in [5.74, 6) is 0. The summed E-state index contributed by atoms with van der Waals surface area (Å²) in [6.07, 6.45) is 7.05. The standard InChI is InChI=1S/C27H28N.2CH3.Ir.2H2N/c1-26(2)21-13-7-8-14-22(21)27(3,4)25-20(12-9-15-23(25)26)24-16-18-10-5-6-11-19(18)17-28-24;;;;;/h7-9,13-17H,5-6,10-11H2,1-4H3;2*1H3;;2*1H2/q3*-1;;2*-1. The Bertz CT molecular complexity index is 1090. The Balaban J connectivity index is 0.00000205. The van der Waals surface area contributed by atoms with E-state index in [0.29, 0.717) is 0 Å². The van der Waals surface area contributed by atoms with Crippen LogP contribution in [0.15, 0.2) is 48.7 Å². The van der Waals surface area contributed by atoms with Gasteiger partial charge in [-0.3, -0.25) is 0 Å². The second-order valence-corrected chi connectivity index (χ2v) is 9.48. The third-order valence-electron chi connectivity index (χ3n) is 7.05. The molecule has 3 nitrogen and oxygen atoms in total. The smallest absolute Gasteiger partial charge is 0.0195 e. The first-order valence-corrected chi connectivity index (χ1v) is 10.5. The van der Waals surface area contributed by atoms with Crippen molar-refractivity contribution < 1.29 is 20.1 Å².